The Bertz CT molecular complexity index is 3540. The van der Waals surface area contributed by atoms with Crippen LogP contribution in [0, 0.1) is 0 Å². The predicted molar refractivity (Wildman–Crippen MR) is 243 cm³/mol. The maximum atomic E-state index is 5.42. The Hall–Kier alpha value is -7.75. The molecule has 0 unspecified atom stereocenters. The van der Waals surface area contributed by atoms with Gasteiger partial charge >= 0.3 is 0 Å². The van der Waals surface area contributed by atoms with Crippen molar-refractivity contribution in [2.24, 2.45) is 0 Å². The quantitative estimate of drug-likeness (QED) is 0.165. The first-order valence-corrected chi connectivity index (χ1v) is 19.8. The first-order valence-electron chi connectivity index (χ1n) is 19.8. The Morgan fingerprint density at radius 3 is 1.28 bits per heavy atom. The summed E-state index contributed by atoms with van der Waals surface area (Å²) in [6, 6.07) is 71.7. The molecule has 1 heterocycles. The van der Waals surface area contributed by atoms with E-state index in [2.05, 4.69) is 182 Å². The van der Waals surface area contributed by atoms with E-state index in [0.29, 0.717) is 17.5 Å². The van der Waals surface area contributed by atoms with Gasteiger partial charge in [0.25, 0.3) is 0 Å². The summed E-state index contributed by atoms with van der Waals surface area (Å²) >= 11 is 0. The number of nitrogens with zero attached hydrogens (tertiary/aromatic N) is 3. The zero-order valence-corrected chi connectivity index (χ0v) is 31.4. The fourth-order valence-corrected chi connectivity index (χ4v) is 9.16. The molecular weight excluding hydrogens is 703 g/mol. The molecule has 3 heteroatoms. The number of rotatable bonds is 5. The van der Waals surface area contributed by atoms with Crippen molar-refractivity contribution in [1.29, 1.82) is 0 Å². The van der Waals surface area contributed by atoms with Crippen LogP contribution in [0.4, 0.5) is 0 Å². The topological polar surface area (TPSA) is 38.7 Å². The molecule has 0 spiro atoms. The van der Waals surface area contributed by atoms with Gasteiger partial charge in [-0.05, 0) is 105 Å². The molecule has 0 amide bonds. The highest BCUT2D eigenvalue weighted by Gasteiger charge is 2.20. The Kier molecular flexibility index (Phi) is 7.23. The van der Waals surface area contributed by atoms with E-state index in [0.717, 1.165) is 44.3 Å². The molecular formula is C55H33N3. The van der Waals surface area contributed by atoms with Gasteiger partial charge in [-0.2, -0.15) is 0 Å². The summed E-state index contributed by atoms with van der Waals surface area (Å²) in [5, 5.41) is 14.8. The molecule has 0 fully saturated rings. The molecule has 0 atom stereocenters. The molecule has 11 aromatic carbocycles. The second kappa shape index (κ2) is 12.9. The second-order valence-electron chi connectivity index (χ2n) is 15.1. The van der Waals surface area contributed by atoms with E-state index < -0.39 is 0 Å². The minimum absolute atomic E-state index is 0.629. The van der Waals surface area contributed by atoms with E-state index >= 15 is 0 Å². The lowest BCUT2D eigenvalue weighted by Gasteiger charge is -2.17. The van der Waals surface area contributed by atoms with Crippen LogP contribution >= 0.6 is 0 Å². The standard InChI is InChI=1S/C55H33N3/c1-4-13-34(14-5-1)40-29-30-43(35-15-6-2-7-16-35)48(32-40)55-57-53(39-17-8-3-9-18-39)56-54(58-55)42-31-41-28-27-38-20-11-23-45-44-22-10-19-36-25-26-37-21-12-24-46(51(37)49(36)44)47(33-42)52(41)50(38)45/h1-33H. The largest absolute Gasteiger partial charge is 0.208 e. The average Bonchev–Trinajstić information content (AvgIpc) is 3.30. The third-order valence-electron chi connectivity index (χ3n) is 11.8. The highest BCUT2D eigenvalue weighted by Crippen LogP contribution is 2.44. The first-order chi connectivity index (χ1) is 28.7. The SMILES string of the molecule is c1ccc(-c2ccc(-c3ccccc3)c(-c3nc(-c4ccccc4)nc(-c4cc5ccc6cccc7c8cccc9ccc%10cccc(c(c4)c5c67)c%10c98)n3)c2)cc1. The summed E-state index contributed by atoms with van der Waals surface area (Å²) in [6.07, 6.45) is 0. The minimum Gasteiger partial charge on any atom is -0.208 e. The third-order valence-corrected chi connectivity index (χ3v) is 11.8. The van der Waals surface area contributed by atoms with Crippen molar-refractivity contribution in [3.05, 3.63) is 200 Å². The summed E-state index contributed by atoms with van der Waals surface area (Å²) in [7, 11) is 0. The van der Waals surface area contributed by atoms with E-state index in [9.17, 15) is 0 Å². The van der Waals surface area contributed by atoms with Crippen molar-refractivity contribution < 1.29 is 0 Å². The van der Waals surface area contributed by atoms with Crippen molar-refractivity contribution in [2.45, 2.75) is 0 Å². The van der Waals surface area contributed by atoms with Gasteiger partial charge in [0, 0.05) is 16.7 Å². The number of hydrogen-bond donors (Lipinski definition) is 0. The summed E-state index contributed by atoms with van der Waals surface area (Å²) in [5.41, 5.74) is 7.24. The first kappa shape index (κ1) is 32.5. The fourth-order valence-electron chi connectivity index (χ4n) is 9.16. The number of benzene rings is 10. The molecule has 12 aromatic rings. The van der Waals surface area contributed by atoms with E-state index in [4.69, 9.17) is 15.0 Å². The average molecular weight is 736 g/mol. The molecule has 0 aliphatic carbocycles. The molecule has 58 heavy (non-hydrogen) atoms. The predicted octanol–water partition coefficient (Wildman–Crippen LogP) is 14.6. The molecule has 0 saturated heterocycles. The molecule has 3 nitrogen and oxygen atoms in total. The highest BCUT2D eigenvalue weighted by atomic mass is 15.0. The van der Waals surface area contributed by atoms with Gasteiger partial charge in [-0.1, -0.05) is 182 Å². The van der Waals surface area contributed by atoms with Gasteiger partial charge in [-0.25, -0.2) is 15.0 Å². The normalized spacial score (nSPS) is 11.8. The Balaban J connectivity index is 1.20. The summed E-state index contributed by atoms with van der Waals surface area (Å²) in [5.74, 6) is 1.89. The van der Waals surface area contributed by atoms with Crippen LogP contribution in [0.2, 0.25) is 0 Å². The molecule has 268 valence electrons. The van der Waals surface area contributed by atoms with Gasteiger partial charge in [0.15, 0.2) is 17.5 Å². The van der Waals surface area contributed by atoms with Crippen molar-refractivity contribution in [3.8, 4) is 56.4 Å². The maximum Gasteiger partial charge on any atom is 0.164 e. The zero-order chi connectivity index (χ0) is 38.2. The number of fused-ring (bicyclic) bond motifs is 2. The summed E-state index contributed by atoms with van der Waals surface area (Å²) < 4.78 is 0. The molecule has 0 bridgehead atoms. The van der Waals surface area contributed by atoms with Crippen molar-refractivity contribution in [2.75, 3.05) is 0 Å². The number of aromatic nitrogens is 3. The van der Waals surface area contributed by atoms with Gasteiger partial charge in [0.05, 0.1) is 0 Å². The van der Waals surface area contributed by atoms with Gasteiger partial charge in [0.2, 0.25) is 0 Å². The molecule has 0 aliphatic rings. The van der Waals surface area contributed by atoms with E-state index in [1.807, 2.05) is 18.2 Å². The van der Waals surface area contributed by atoms with Crippen LogP contribution in [-0.4, -0.2) is 15.0 Å². The summed E-state index contributed by atoms with van der Waals surface area (Å²) in [6.45, 7) is 0. The smallest absolute Gasteiger partial charge is 0.164 e. The lowest BCUT2D eigenvalue weighted by molar-refractivity contribution is 1.08. The van der Waals surface area contributed by atoms with Gasteiger partial charge in [-0.3, -0.25) is 0 Å². The minimum atomic E-state index is 0.629. The Morgan fingerprint density at radius 2 is 0.690 bits per heavy atom. The fraction of sp³-hybridized carbons (Fsp3) is 0. The van der Waals surface area contributed by atoms with Crippen molar-refractivity contribution in [1.82, 2.24) is 15.0 Å². The number of hydrogen-bond acceptors (Lipinski definition) is 3. The van der Waals surface area contributed by atoms with Crippen molar-refractivity contribution in [3.63, 3.8) is 0 Å². The zero-order valence-electron chi connectivity index (χ0n) is 31.4. The third kappa shape index (κ3) is 5.11. The maximum absolute atomic E-state index is 5.42. The van der Waals surface area contributed by atoms with Gasteiger partial charge in [0.1, 0.15) is 0 Å². The Morgan fingerprint density at radius 1 is 0.224 bits per heavy atom. The van der Waals surface area contributed by atoms with E-state index in [1.54, 1.807) is 0 Å². The summed E-state index contributed by atoms with van der Waals surface area (Å²) in [4.78, 5) is 16.0. The van der Waals surface area contributed by atoms with Crippen LogP contribution in [0.15, 0.2) is 200 Å². The van der Waals surface area contributed by atoms with Crippen LogP contribution in [-0.2, 0) is 0 Å². The van der Waals surface area contributed by atoms with Gasteiger partial charge < -0.3 is 0 Å². The lowest BCUT2D eigenvalue weighted by Crippen LogP contribution is -2.01. The van der Waals surface area contributed by atoms with Crippen LogP contribution in [0.1, 0.15) is 0 Å². The Labute approximate surface area is 334 Å². The van der Waals surface area contributed by atoms with E-state index in [-0.39, 0.29) is 0 Å². The van der Waals surface area contributed by atoms with Crippen LogP contribution in [0.5, 0.6) is 0 Å². The van der Waals surface area contributed by atoms with Crippen LogP contribution in [0.25, 0.3) is 121 Å². The molecule has 0 aliphatic heterocycles. The van der Waals surface area contributed by atoms with Crippen LogP contribution in [0.3, 0.4) is 0 Å². The second-order valence-corrected chi connectivity index (χ2v) is 15.1. The lowest BCUT2D eigenvalue weighted by atomic mass is 9.87. The molecule has 12 rings (SSSR count). The van der Waals surface area contributed by atoms with Crippen LogP contribution < -0.4 is 0 Å². The monoisotopic (exact) mass is 735 g/mol. The molecule has 1 aromatic heterocycles. The highest BCUT2D eigenvalue weighted by molar-refractivity contribution is 6.37. The molecule has 0 radical (unpaired) electrons. The van der Waals surface area contributed by atoms with Gasteiger partial charge in [-0.15, -0.1) is 0 Å². The van der Waals surface area contributed by atoms with E-state index in [1.165, 1.54) is 59.2 Å². The molecule has 0 saturated carbocycles. The molecule has 0 N–H and O–H groups in total. The van der Waals surface area contributed by atoms with Crippen molar-refractivity contribution >= 4 is 64.6 Å².